The van der Waals surface area contributed by atoms with Gasteiger partial charge >= 0.3 is 47.9 Å². The monoisotopic (exact) mass is 1620 g/mol. The third-order valence-corrected chi connectivity index (χ3v) is 25.2. The molecule has 0 radical (unpaired) electrons. The van der Waals surface area contributed by atoms with Crippen LogP contribution >= 0.6 is 23.5 Å². The molecule has 4 saturated heterocycles. The second kappa shape index (κ2) is 35.9. The number of hydrogen-bond donors (Lipinski definition) is 4. The Balaban J connectivity index is 0.000000202. The number of thioether (sulfide) groups is 2. The molecule has 28 nitrogen and oxygen atoms in total. The van der Waals surface area contributed by atoms with Gasteiger partial charge in [0.1, 0.15) is 46.0 Å². The predicted octanol–water partition coefficient (Wildman–Crippen LogP) is 11.8. The average molecular weight is 1630 g/mol. The third-order valence-electron chi connectivity index (χ3n) is 22.2. The van der Waals surface area contributed by atoms with Gasteiger partial charge in [0.15, 0.2) is 11.2 Å². The highest BCUT2D eigenvalue weighted by molar-refractivity contribution is 8.00. The lowest BCUT2D eigenvalue weighted by molar-refractivity contribution is -0.132. The summed E-state index contributed by atoms with van der Waals surface area (Å²) in [6.07, 6.45) is 13.5. The molecule has 30 heteroatoms. The van der Waals surface area contributed by atoms with Crippen molar-refractivity contribution in [3.8, 4) is 46.0 Å². The van der Waals surface area contributed by atoms with E-state index < -0.39 is 47.0 Å². The molecule has 0 aliphatic carbocycles. The van der Waals surface area contributed by atoms with Crippen LogP contribution in [0.15, 0.2) is 109 Å². The second-order valence-corrected chi connectivity index (χ2v) is 33.1. The summed E-state index contributed by atoms with van der Waals surface area (Å²) in [6, 6.07) is 29.6. The summed E-state index contributed by atoms with van der Waals surface area (Å²) in [4.78, 5) is 157. The molecule has 4 fully saturated rings. The number of hydrogen-bond acceptors (Lipinski definition) is 22. The standard InChI is InChI=1S/2C43H48N4O10S/c1-25(48)54-28-14-17-32-35(22-28)56-36-23-29(55-26(2)49)15-18-33(36)43(32)31-16-13-27(21-30(31)41(52)57-43)40(51)47(4)20-10-6-5-9-19-46(3)38(50)12-8-7-11-37-39-34(24-58-37)44-42(53)45-39;1-25(48)54-28-14-17-31-35(22-28)56-36-23-29(55-26(2)49)15-18-32(36)43(31)33-21-27(13-16-30(33)41(52)57-43)40(51)47(4)20-10-6-5-9-19-46(3)38(50)12-8-7-11-37-39-34(24-58-37)44-42(53)45-39/h2*13-18,21-23,34,37,39H,5-12,19-20,24H2,1-4H3,(H2,44,45,53)/t2*34?,37-,39?/m00/s1. The normalized spacial score (nSPS) is 19.1. The lowest BCUT2D eigenvalue weighted by Gasteiger charge is -2.36. The number of nitrogens with one attached hydrogen (secondary N) is 4. The lowest BCUT2D eigenvalue weighted by atomic mass is 9.77. The number of unbranched alkanes of at least 4 members (excludes halogenated alkanes) is 8. The predicted molar refractivity (Wildman–Crippen MR) is 429 cm³/mol. The number of nitrogens with zero attached hydrogens (tertiary/aromatic N) is 4. The molecule has 0 aromatic heterocycles. The highest BCUT2D eigenvalue weighted by atomic mass is 32.2. The van der Waals surface area contributed by atoms with E-state index in [1.54, 1.807) is 119 Å². The number of carbonyl (C=O) groups excluding carboxylic acids is 12. The number of rotatable bonds is 30. The van der Waals surface area contributed by atoms with E-state index in [2.05, 4.69) is 21.3 Å². The number of benzene rings is 6. The fraction of sp³-hybridized carbons (Fsp3) is 0.442. The van der Waals surface area contributed by atoms with E-state index in [1.165, 1.54) is 52.0 Å². The van der Waals surface area contributed by atoms with Gasteiger partial charge in [-0.05, 0) is 130 Å². The van der Waals surface area contributed by atoms with Gasteiger partial charge in [-0.3, -0.25) is 38.4 Å². The molecule has 2 spiro atoms. The van der Waals surface area contributed by atoms with E-state index in [4.69, 9.17) is 37.9 Å². The molecule has 6 aromatic carbocycles. The van der Waals surface area contributed by atoms with Gasteiger partial charge in [-0.2, -0.15) is 23.5 Å². The van der Waals surface area contributed by atoms with Crippen molar-refractivity contribution in [1.82, 2.24) is 40.9 Å². The number of urea groups is 2. The Morgan fingerprint density at radius 3 is 1.12 bits per heavy atom. The van der Waals surface area contributed by atoms with Crippen LogP contribution in [-0.4, -0.2) is 192 Å². The Kier molecular flexibility index (Phi) is 25.7. The number of ether oxygens (including phenoxy) is 8. The number of fused-ring (bicyclic) bond motifs is 14. The maximum atomic E-state index is 13.8. The summed E-state index contributed by atoms with van der Waals surface area (Å²) in [5.74, 6) is 0.361. The minimum atomic E-state index is -1.52. The van der Waals surface area contributed by atoms with E-state index in [-0.39, 0.29) is 117 Å². The minimum Gasteiger partial charge on any atom is -0.456 e. The van der Waals surface area contributed by atoms with Gasteiger partial charge in [0.05, 0.1) is 35.3 Å². The Morgan fingerprint density at radius 2 is 0.733 bits per heavy atom. The lowest BCUT2D eigenvalue weighted by Crippen LogP contribution is -2.36. The average Bonchev–Trinajstić information content (AvgIpc) is 1.49. The molecule has 116 heavy (non-hydrogen) atoms. The van der Waals surface area contributed by atoms with Crippen LogP contribution in [0.4, 0.5) is 9.59 Å². The summed E-state index contributed by atoms with van der Waals surface area (Å²) in [7, 11) is 7.18. The molecular formula is C86H96N8O20S2. The SMILES string of the molecule is CC(=O)Oc1ccc2c(c1)Oc1cc(OC(C)=O)ccc1C21OC(=O)c2cc(C(=O)N(C)CCCCCCN(C)C(=O)CCCC[C@@H]3SCC4NC(=O)NC43)ccc21.CC(=O)Oc1ccc2c(c1)Oc1cc(OC(C)=O)ccc1C21OC(=O)c2ccc(C(=O)N(C)CCCCCCN(C)C(=O)CCCC[C@@H]3SCC4NC(=O)NC43)cc21. The highest BCUT2D eigenvalue weighted by Crippen LogP contribution is 2.59. The number of amides is 8. The first-order valence-corrected chi connectivity index (χ1v) is 41.6. The van der Waals surface area contributed by atoms with Crippen LogP contribution in [0, 0.1) is 0 Å². The maximum absolute atomic E-state index is 13.8. The van der Waals surface area contributed by atoms with Crippen molar-refractivity contribution in [3.63, 3.8) is 0 Å². The Hall–Kier alpha value is -11.1. The molecule has 8 aliphatic rings. The van der Waals surface area contributed by atoms with Gasteiger partial charge in [0, 0.05) is 186 Å². The summed E-state index contributed by atoms with van der Waals surface area (Å²) in [5, 5.41) is 12.8. The number of esters is 6. The van der Waals surface area contributed by atoms with E-state index in [0.29, 0.717) is 94.0 Å². The molecule has 4 unspecified atom stereocenters. The van der Waals surface area contributed by atoms with Gasteiger partial charge in [0.25, 0.3) is 11.8 Å². The molecule has 6 atom stereocenters. The van der Waals surface area contributed by atoms with Crippen LogP contribution in [0.3, 0.4) is 0 Å². The quantitative estimate of drug-likeness (QED) is 0.0141. The van der Waals surface area contributed by atoms with E-state index in [0.717, 1.165) is 101 Å². The number of carbonyl (C=O) groups is 12. The van der Waals surface area contributed by atoms with Crippen molar-refractivity contribution in [1.29, 1.82) is 0 Å². The Labute approximate surface area is 680 Å². The molecule has 14 rings (SSSR count). The smallest absolute Gasteiger partial charge is 0.340 e. The Bertz CT molecular complexity index is 4750. The topological polar surface area (TPSA) is 340 Å². The molecule has 6 aromatic rings. The molecular weight excluding hydrogens is 1530 g/mol. The van der Waals surface area contributed by atoms with Crippen LogP contribution in [-0.2, 0) is 49.4 Å². The summed E-state index contributed by atoms with van der Waals surface area (Å²) < 4.78 is 46.1. The van der Waals surface area contributed by atoms with Gasteiger partial charge in [0.2, 0.25) is 11.8 Å². The fourth-order valence-corrected chi connectivity index (χ4v) is 19.5. The zero-order valence-electron chi connectivity index (χ0n) is 66.2. The summed E-state index contributed by atoms with van der Waals surface area (Å²) >= 11 is 3.79. The largest absolute Gasteiger partial charge is 0.456 e. The van der Waals surface area contributed by atoms with Gasteiger partial charge in [-0.15, -0.1) is 0 Å². The summed E-state index contributed by atoms with van der Waals surface area (Å²) in [6.45, 7) is 7.53. The van der Waals surface area contributed by atoms with Crippen LogP contribution in [0.25, 0.3) is 0 Å². The van der Waals surface area contributed by atoms with Crippen LogP contribution in [0.5, 0.6) is 46.0 Å². The maximum Gasteiger partial charge on any atom is 0.340 e. The molecule has 8 heterocycles. The summed E-state index contributed by atoms with van der Waals surface area (Å²) in [5.41, 5.74) is 1.10. The zero-order chi connectivity index (χ0) is 82.3. The fourth-order valence-electron chi connectivity index (χ4n) is 16.5. The first-order valence-electron chi connectivity index (χ1n) is 39.5. The molecule has 0 bridgehead atoms. The third kappa shape index (κ3) is 18.1. The van der Waals surface area contributed by atoms with E-state index in [9.17, 15) is 57.5 Å². The van der Waals surface area contributed by atoms with Gasteiger partial charge in [-0.1, -0.05) is 44.6 Å². The molecule has 4 N–H and O–H groups in total. The van der Waals surface area contributed by atoms with Gasteiger partial charge in [-0.25, -0.2) is 19.2 Å². The van der Waals surface area contributed by atoms with Crippen LogP contribution in [0.1, 0.15) is 205 Å². The second-order valence-electron chi connectivity index (χ2n) is 30.5. The first kappa shape index (κ1) is 82.8. The van der Waals surface area contributed by atoms with Crippen LogP contribution < -0.4 is 49.7 Å². The van der Waals surface area contributed by atoms with E-state index >= 15 is 0 Å². The molecule has 8 aliphatic heterocycles. The zero-order valence-corrected chi connectivity index (χ0v) is 67.8. The molecule has 0 saturated carbocycles. The van der Waals surface area contributed by atoms with Crippen molar-refractivity contribution in [2.75, 3.05) is 65.9 Å². The first-order chi connectivity index (χ1) is 55.7. The van der Waals surface area contributed by atoms with Crippen molar-refractivity contribution in [2.24, 2.45) is 0 Å². The molecule has 612 valence electrons. The Morgan fingerprint density at radius 1 is 0.388 bits per heavy atom. The van der Waals surface area contributed by atoms with Crippen LogP contribution in [0.2, 0.25) is 0 Å². The van der Waals surface area contributed by atoms with Crippen molar-refractivity contribution in [3.05, 3.63) is 165 Å². The minimum absolute atomic E-state index is 0.0762. The van der Waals surface area contributed by atoms with Crippen molar-refractivity contribution < 1.29 is 95.4 Å². The van der Waals surface area contributed by atoms with Crippen molar-refractivity contribution >= 4 is 95.0 Å². The molecule has 8 amide bonds. The van der Waals surface area contributed by atoms with E-state index in [1.807, 2.05) is 37.6 Å². The highest BCUT2D eigenvalue weighted by Gasteiger charge is 2.56. The van der Waals surface area contributed by atoms with Crippen molar-refractivity contribution in [2.45, 2.75) is 176 Å². The van der Waals surface area contributed by atoms with Gasteiger partial charge < -0.3 is 78.8 Å².